The molecule has 1 saturated heterocycles. The number of anilines is 2. The number of allylic oxidation sites excluding steroid dienone is 2. The van der Waals surface area contributed by atoms with Crippen molar-refractivity contribution in [3.63, 3.8) is 0 Å². The van der Waals surface area contributed by atoms with Crippen LogP contribution in [0.1, 0.15) is 23.7 Å². The summed E-state index contributed by atoms with van der Waals surface area (Å²) in [7, 11) is 3.07. The van der Waals surface area contributed by atoms with Crippen molar-refractivity contribution in [3.05, 3.63) is 59.7 Å². The molecule has 7 heteroatoms. The van der Waals surface area contributed by atoms with Gasteiger partial charge in [-0.05, 0) is 61.6 Å². The van der Waals surface area contributed by atoms with Crippen LogP contribution in [0.4, 0.5) is 11.4 Å². The van der Waals surface area contributed by atoms with Crippen molar-refractivity contribution in [1.29, 1.82) is 0 Å². The van der Waals surface area contributed by atoms with Gasteiger partial charge in [0.25, 0.3) is 5.91 Å². The van der Waals surface area contributed by atoms with Crippen molar-refractivity contribution in [2.45, 2.75) is 13.3 Å². The Bertz CT molecular complexity index is 1150. The highest BCUT2D eigenvalue weighted by molar-refractivity contribution is 6.23. The molecule has 7 nitrogen and oxygen atoms in total. The summed E-state index contributed by atoms with van der Waals surface area (Å²) in [5, 5.41) is 2.82. The highest BCUT2D eigenvalue weighted by Crippen LogP contribution is 2.55. The lowest BCUT2D eigenvalue weighted by molar-refractivity contribution is -0.123. The minimum atomic E-state index is -0.336. The number of amides is 3. The van der Waals surface area contributed by atoms with Crippen LogP contribution in [-0.4, -0.2) is 31.9 Å². The number of nitrogens with one attached hydrogen (secondary N) is 1. The molecule has 0 aromatic heterocycles. The summed E-state index contributed by atoms with van der Waals surface area (Å²) in [5.41, 5.74) is 2.61. The maximum Gasteiger partial charge on any atom is 0.255 e. The van der Waals surface area contributed by atoms with Crippen molar-refractivity contribution < 1.29 is 23.9 Å². The molecule has 1 saturated carbocycles. The molecule has 2 bridgehead atoms. The van der Waals surface area contributed by atoms with Gasteiger partial charge < -0.3 is 14.8 Å². The first-order chi connectivity index (χ1) is 15.4. The van der Waals surface area contributed by atoms with Crippen molar-refractivity contribution in [3.8, 4) is 11.5 Å². The molecule has 2 aliphatic carbocycles. The van der Waals surface area contributed by atoms with Gasteiger partial charge in [-0.25, -0.2) is 0 Å². The minimum Gasteiger partial charge on any atom is -0.497 e. The summed E-state index contributed by atoms with van der Waals surface area (Å²) < 4.78 is 10.5. The summed E-state index contributed by atoms with van der Waals surface area (Å²) in [4.78, 5) is 40.2. The molecule has 32 heavy (non-hydrogen) atoms. The Morgan fingerprint density at radius 2 is 1.72 bits per heavy atom. The number of imide groups is 1. The van der Waals surface area contributed by atoms with E-state index >= 15 is 0 Å². The van der Waals surface area contributed by atoms with Gasteiger partial charge in [0.15, 0.2) is 0 Å². The van der Waals surface area contributed by atoms with Crippen LogP contribution in [0.25, 0.3) is 0 Å². The highest BCUT2D eigenvalue weighted by atomic mass is 16.5. The first kappa shape index (κ1) is 20.3. The van der Waals surface area contributed by atoms with E-state index in [1.165, 1.54) is 17.6 Å². The molecule has 2 aromatic carbocycles. The first-order valence-corrected chi connectivity index (χ1v) is 10.6. The predicted molar refractivity (Wildman–Crippen MR) is 119 cm³/mol. The van der Waals surface area contributed by atoms with Crippen molar-refractivity contribution >= 4 is 29.1 Å². The van der Waals surface area contributed by atoms with E-state index in [1.807, 2.05) is 6.92 Å². The standard InChI is InChI=1S/C25H24N2O5/c1-13-10-15-11-18(13)22-21(15)24(29)27(25(22)30)16-6-4-14(5-7-16)23(28)26-19-12-17(31-2)8-9-20(19)32-3/h4-10,12,15,18,21-22H,11H2,1-3H3,(H,26,28)/t15-,18+,21-,22+/m0/s1. The van der Waals surface area contributed by atoms with Crippen molar-refractivity contribution in [2.24, 2.45) is 23.7 Å². The van der Waals surface area contributed by atoms with Gasteiger partial charge in [0.1, 0.15) is 11.5 Å². The molecular weight excluding hydrogens is 408 g/mol. The molecule has 0 radical (unpaired) electrons. The van der Waals surface area contributed by atoms with Gasteiger partial charge >= 0.3 is 0 Å². The molecule has 1 N–H and O–H groups in total. The zero-order valence-electron chi connectivity index (χ0n) is 18.1. The van der Waals surface area contributed by atoms with E-state index in [0.717, 1.165) is 6.42 Å². The average Bonchev–Trinajstić information content (AvgIpc) is 3.44. The molecule has 3 aliphatic rings. The fourth-order valence-electron chi connectivity index (χ4n) is 5.40. The molecule has 0 unspecified atom stereocenters. The Labute approximate surface area is 186 Å². The minimum absolute atomic E-state index is 0.127. The van der Waals surface area contributed by atoms with Crippen LogP contribution in [0, 0.1) is 23.7 Å². The van der Waals surface area contributed by atoms with Gasteiger partial charge in [-0.2, -0.15) is 0 Å². The molecule has 3 amide bonds. The zero-order valence-corrected chi connectivity index (χ0v) is 18.1. The molecule has 2 fully saturated rings. The third-order valence-corrected chi connectivity index (χ3v) is 6.92. The Balaban J connectivity index is 1.35. The van der Waals surface area contributed by atoms with E-state index in [1.54, 1.807) is 49.6 Å². The van der Waals surface area contributed by atoms with Crippen LogP contribution < -0.4 is 19.7 Å². The van der Waals surface area contributed by atoms with Gasteiger partial charge in [0.2, 0.25) is 11.8 Å². The lowest BCUT2D eigenvalue weighted by atomic mass is 9.82. The quantitative estimate of drug-likeness (QED) is 0.576. The monoisotopic (exact) mass is 432 g/mol. The summed E-state index contributed by atoms with van der Waals surface area (Å²) in [6.45, 7) is 2.05. The second-order valence-corrected chi connectivity index (χ2v) is 8.55. The number of carbonyl (C=O) groups excluding carboxylic acids is 3. The SMILES string of the molecule is COc1ccc(OC)c(NC(=O)c2ccc(N3C(=O)[C@@H]4[C@H](C3=O)[C@@H]3C[C@@H]4C=C3C)cc2)c1. The molecule has 1 aliphatic heterocycles. The Morgan fingerprint density at radius 3 is 2.41 bits per heavy atom. The Morgan fingerprint density at radius 1 is 1.00 bits per heavy atom. The highest BCUT2D eigenvalue weighted by Gasteiger charge is 2.60. The zero-order chi connectivity index (χ0) is 22.6. The van der Waals surface area contributed by atoms with Crippen LogP contribution in [0.15, 0.2) is 54.1 Å². The molecule has 164 valence electrons. The fourth-order valence-corrected chi connectivity index (χ4v) is 5.40. The van der Waals surface area contributed by atoms with Gasteiger partial charge in [-0.1, -0.05) is 11.6 Å². The number of ether oxygens (including phenoxy) is 2. The van der Waals surface area contributed by atoms with Crippen LogP contribution >= 0.6 is 0 Å². The second kappa shape index (κ2) is 7.51. The molecule has 5 rings (SSSR count). The lowest BCUT2D eigenvalue weighted by Crippen LogP contribution is -2.33. The van der Waals surface area contributed by atoms with E-state index in [4.69, 9.17) is 9.47 Å². The van der Waals surface area contributed by atoms with Gasteiger partial charge in [-0.15, -0.1) is 0 Å². The topological polar surface area (TPSA) is 84.9 Å². The van der Waals surface area contributed by atoms with Gasteiger partial charge in [-0.3, -0.25) is 19.3 Å². The molecular formula is C25H24N2O5. The Kier molecular flexibility index (Phi) is 4.77. The summed E-state index contributed by atoms with van der Waals surface area (Å²) in [6, 6.07) is 11.7. The van der Waals surface area contributed by atoms with Crippen LogP contribution in [-0.2, 0) is 9.59 Å². The van der Waals surface area contributed by atoms with E-state index in [9.17, 15) is 14.4 Å². The van der Waals surface area contributed by atoms with E-state index in [-0.39, 0.29) is 41.4 Å². The third kappa shape index (κ3) is 2.99. The Hall–Kier alpha value is -3.61. The van der Waals surface area contributed by atoms with Crippen molar-refractivity contribution in [2.75, 3.05) is 24.4 Å². The van der Waals surface area contributed by atoms with Crippen LogP contribution in [0.2, 0.25) is 0 Å². The van der Waals surface area contributed by atoms with Gasteiger partial charge in [0.05, 0.1) is 37.4 Å². The van der Waals surface area contributed by atoms with Crippen LogP contribution in [0.5, 0.6) is 11.5 Å². The third-order valence-electron chi connectivity index (χ3n) is 6.92. The van der Waals surface area contributed by atoms with Crippen LogP contribution in [0.3, 0.4) is 0 Å². The molecule has 4 atom stereocenters. The summed E-state index contributed by atoms with van der Waals surface area (Å²) >= 11 is 0. The van der Waals surface area contributed by atoms with Crippen molar-refractivity contribution in [1.82, 2.24) is 0 Å². The van der Waals surface area contributed by atoms with E-state index in [0.29, 0.717) is 28.4 Å². The van der Waals surface area contributed by atoms with E-state index in [2.05, 4.69) is 11.4 Å². The summed E-state index contributed by atoms with van der Waals surface area (Å²) in [5.74, 6) is 0.343. The predicted octanol–water partition coefficient (Wildman–Crippen LogP) is 3.66. The molecule has 1 heterocycles. The second-order valence-electron chi connectivity index (χ2n) is 8.55. The average molecular weight is 432 g/mol. The molecule has 2 aromatic rings. The number of hydrogen-bond acceptors (Lipinski definition) is 5. The molecule has 0 spiro atoms. The largest absolute Gasteiger partial charge is 0.497 e. The van der Waals surface area contributed by atoms with E-state index < -0.39 is 0 Å². The number of carbonyl (C=O) groups is 3. The maximum atomic E-state index is 13.1. The fraction of sp³-hybridized carbons (Fsp3) is 0.320. The van der Waals surface area contributed by atoms with Gasteiger partial charge in [0, 0.05) is 11.6 Å². The maximum absolute atomic E-state index is 13.1. The number of fused-ring (bicyclic) bond motifs is 5. The number of methoxy groups -OCH3 is 2. The smallest absolute Gasteiger partial charge is 0.255 e. The number of benzene rings is 2. The number of nitrogens with zero attached hydrogens (tertiary/aromatic N) is 1. The number of rotatable bonds is 5. The lowest BCUT2D eigenvalue weighted by Gasteiger charge is -2.19. The number of hydrogen-bond donors (Lipinski definition) is 1. The summed E-state index contributed by atoms with van der Waals surface area (Å²) in [6.07, 6.45) is 3.06. The normalized spacial score (nSPS) is 25.6. The first-order valence-electron chi connectivity index (χ1n) is 10.6.